The molecular weight excluding hydrogens is 284 g/mol. The quantitative estimate of drug-likeness (QED) is 0.632. The van der Waals surface area contributed by atoms with Gasteiger partial charge in [-0.3, -0.25) is 9.59 Å². The molecule has 22 heavy (non-hydrogen) atoms. The van der Waals surface area contributed by atoms with Crippen molar-refractivity contribution in [2.45, 2.75) is 72.5 Å². The highest BCUT2D eigenvalue weighted by molar-refractivity contribution is 5.75. The van der Waals surface area contributed by atoms with Crippen LogP contribution in [0.5, 0.6) is 0 Å². The van der Waals surface area contributed by atoms with Gasteiger partial charge in [-0.1, -0.05) is 27.7 Å². The molecular formula is C16H34N2O4. The molecule has 0 aromatic rings. The Morgan fingerprint density at radius 2 is 1.27 bits per heavy atom. The number of nitrogens with one attached hydrogen (secondary N) is 2. The second kappa shape index (κ2) is 14.8. The summed E-state index contributed by atoms with van der Waals surface area (Å²) in [5.74, 6) is -0.338. The lowest BCUT2D eigenvalue weighted by Crippen LogP contribution is -2.39. The van der Waals surface area contributed by atoms with Crippen molar-refractivity contribution in [3.8, 4) is 0 Å². The molecule has 0 rings (SSSR count). The van der Waals surface area contributed by atoms with Gasteiger partial charge in [-0.05, 0) is 33.7 Å². The molecule has 6 heteroatoms. The Morgan fingerprint density at radius 1 is 0.864 bits per heavy atom. The fourth-order valence-electron chi connectivity index (χ4n) is 1.34. The number of carbonyl (C=O) groups is 2. The summed E-state index contributed by atoms with van der Waals surface area (Å²) >= 11 is 0. The van der Waals surface area contributed by atoms with Gasteiger partial charge in [0.1, 0.15) is 12.1 Å². The number of likely N-dealkylation sites (N-methyl/N-ethyl adjacent to an activating group) is 1. The van der Waals surface area contributed by atoms with Crippen LogP contribution in [0.1, 0.15) is 54.4 Å². The maximum Gasteiger partial charge on any atom is 0.322 e. The number of carbonyl (C=O) groups excluding carboxylic acids is 2. The summed E-state index contributed by atoms with van der Waals surface area (Å²) in [5, 5.41) is 5.88. The van der Waals surface area contributed by atoms with Crippen molar-refractivity contribution in [1.82, 2.24) is 10.6 Å². The van der Waals surface area contributed by atoms with Crippen molar-refractivity contribution in [2.75, 3.05) is 20.3 Å². The number of hydrogen-bond donors (Lipinski definition) is 2. The highest BCUT2D eigenvalue weighted by atomic mass is 16.5. The van der Waals surface area contributed by atoms with E-state index in [-0.39, 0.29) is 24.0 Å². The molecule has 0 saturated heterocycles. The molecule has 6 nitrogen and oxygen atoms in total. The lowest BCUT2D eigenvalue weighted by Gasteiger charge is -2.15. The van der Waals surface area contributed by atoms with E-state index in [1.54, 1.807) is 14.0 Å². The monoisotopic (exact) mass is 318 g/mol. The van der Waals surface area contributed by atoms with E-state index in [0.717, 1.165) is 12.8 Å². The van der Waals surface area contributed by atoms with Crippen LogP contribution in [-0.4, -0.2) is 50.3 Å². The highest BCUT2D eigenvalue weighted by Gasteiger charge is 2.13. The van der Waals surface area contributed by atoms with Gasteiger partial charge in [0.15, 0.2) is 0 Å². The normalized spacial score (nSPS) is 12.9. The first-order valence-corrected chi connectivity index (χ1v) is 8.06. The van der Waals surface area contributed by atoms with Crippen molar-refractivity contribution in [2.24, 2.45) is 0 Å². The molecule has 0 aliphatic heterocycles. The molecule has 0 aromatic carbocycles. The molecule has 0 heterocycles. The van der Waals surface area contributed by atoms with Gasteiger partial charge in [-0.25, -0.2) is 0 Å². The van der Waals surface area contributed by atoms with E-state index in [1.165, 1.54) is 0 Å². The lowest BCUT2D eigenvalue weighted by atomic mass is 10.3. The third kappa shape index (κ3) is 13.8. The number of ether oxygens (including phenoxy) is 2. The first-order valence-electron chi connectivity index (χ1n) is 8.06. The largest absolute Gasteiger partial charge is 0.465 e. The minimum atomic E-state index is -0.198. The third-order valence-electron chi connectivity index (χ3n) is 2.62. The Bertz CT molecular complexity index is 296. The number of esters is 2. The van der Waals surface area contributed by atoms with Crippen LogP contribution in [0.3, 0.4) is 0 Å². The predicted molar refractivity (Wildman–Crippen MR) is 88.8 cm³/mol. The molecule has 0 spiro atoms. The second-order valence-electron chi connectivity index (χ2n) is 5.39. The van der Waals surface area contributed by atoms with Crippen LogP contribution in [0.25, 0.3) is 0 Å². The molecule has 132 valence electrons. The van der Waals surface area contributed by atoms with Crippen LogP contribution >= 0.6 is 0 Å². The number of hydrogen-bond acceptors (Lipinski definition) is 6. The van der Waals surface area contributed by atoms with E-state index in [4.69, 9.17) is 9.47 Å². The van der Waals surface area contributed by atoms with E-state index in [0.29, 0.717) is 19.3 Å². The molecule has 0 amide bonds. The SMILES string of the molecule is CCCOC(=O)C(C)NC.CCCOC(=O)C(C)NC(C)C. The maximum absolute atomic E-state index is 11.2. The van der Waals surface area contributed by atoms with Gasteiger partial charge >= 0.3 is 11.9 Å². The first-order chi connectivity index (χ1) is 10.3. The maximum atomic E-state index is 11.2. The minimum absolute atomic E-state index is 0.162. The Kier molecular flexibility index (Phi) is 15.5. The average Bonchev–Trinajstić information content (AvgIpc) is 2.49. The summed E-state index contributed by atoms with van der Waals surface area (Å²) in [7, 11) is 1.73. The van der Waals surface area contributed by atoms with Gasteiger partial charge in [0.25, 0.3) is 0 Å². The Morgan fingerprint density at radius 3 is 1.59 bits per heavy atom. The van der Waals surface area contributed by atoms with Crippen LogP contribution in [0.2, 0.25) is 0 Å². The molecule has 0 fully saturated rings. The molecule has 0 aromatic heterocycles. The van der Waals surface area contributed by atoms with Crippen LogP contribution in [-0.2, 0) is 19.1 Å². The van der Waals surface area contributed by atoms with Gasteiger partial charge in [-0.15, -0.1) is 0 Å². The molecule has 2 atom stereocenters. The standard InChI is InChI=1S/C9H19NO2.C7H15NO2/c1-5-6-12-9(11)8(4)10-7(2)3;1-4-5-10-7(9)6(2)8-3/h7-8,10H,5-6H2,1-4H3;6,8H,4-5H2,1-3H3. The van der Waals surface area contributed by atoms with Crippen LogP contribution in [0.15, 0.2) is 0 Å². The summed E-state index contributed by atoms with van der Waals surface area (Å²) in [6.45, 7) is 12.6. The Labute approximate surface area is 135 Å². The summed E-state index contributed by atoms with van der Waals surface area (Å²) in [6.07, 6.45) is 1.75. The zero-order valence-corrected chi connectivity index (χ0v) is 15.2. The molecule has 2 unspecified atom stereocenters. The predicted octanol–water partition coefficient (Wildman–Crippen LogP) is 1.87. The number of rotatable bonds is 9. The third-order valence-corrected chi connectivity index (χ3v) is 2.62. The van der Waals surface area contributed by atoms with Gasteiger partial charge in [0, 0.05) is 6.04 Å². The second-order valence-corrected chi connectivity index (χ2v) is 5.39. The van der Waals surface area contributed by atoms with E-state index in [9.17, 15) is 9.59 Å². The summed E-state index contributed by atoms with van der Waals surface area (Å²) < 4.78 is 9.79. The summed E-state index contributed by atoms with van der Waals surface area (Å²) in [5.41, 5.74) is 0. The van der Waals surface area contributed by atoms with E-state index in [2.05, 4.69) is 10.6 Å². The summed E-state index contributed by atoms with van der Waals surface area (Å²) in [6, 6.07) is -0.0720. The molecule has 0 saturated carbocycles. The fourth-order valence-corrected chi connectivity index (χ4v) is 1.34. The topological polar surface area (TPSA) is 76.7 Å². The molecule has 0 aliphatic rings. The van der Waals surface area contributed by atoms with Crippen molar-refractivity contribution < 1.29 is 19.1 Å². The van der Waals surface area contributed by atoms with Crippen LogP contribution in [0, 0.1) is 0 Å². The van der Waals surface area contributed by atoms with Gasteiger partial charge in [-0.2, -0.15) is 0 Å². The van der Waals surface area contributed by atoms with Crippen molar-refractivity contribution in [3.05, 3.63) is 0 Å². The van der Waals surface area contributed by atoms with Crippen LogP contribution < -0.4 is 10.6 Å². The first kappa shape index (κ1) is 23.1. The smallest absolute Gasteiger partial charge is 0.322 e. The lowest BCUT2D eigenvalue weighted by molar-refractivity contribution is -0.146. The van der Waals surface area contributed by atoms with Crippen molar-refractivity contribution in [3.63, 3.8) is 0 Å². The molecule has 0 bridgehead atoms. The minimum Gasteiger partial charge on any atom is -0.465 e. The van der Waals surface area contributed by atoms with Gasteiger partial charge in [0.2, 0.25) is 0 Å². The van der Waals surface area contributed by atoms with Crippen LogP contribution in [0.4, 0.5) is 0 Å². The molecule has 2 N–H and O–H groups in total. The molecule has 0 aliphatic carbocycles. The van der Waals surface area contributed by atoms with Gasteiger partial charge in [0.05, 0.1) is 13.2 Å². The summed E-state index contributed by atoms with van der Waals surface area (Å²) in [4.78, 5) is 22.0. The Hall–Kier alpha value is -1.14. The zero-order valence-electron chi connectivity index (χ0n) is 15.2. The highest BCUT2D eigenvalue weighted by Crippen LogP contribution is 1.91. The molecule has 0 radical (unpaired) electrons. The van der Waals surface area contributed by atoms with E-state index < -0.39 is 0 Å². The average molecular weight is 318 g/mol. The van der Waals surface area contributed by atoms with Crippen molar-refractivity contribution in [1.29, 1.82) is 0 Å². The zero-order chi connectivity index (χ0) is 17.5. The fraction of sp³-hybridized carbons (Fsp3) is 0.875. The van der Waals surface area contributed by atoms with E-state index in [1.807, 2.05) is 34.6 Å². The van der Waals surface area contributed by atoms with E-state index >= 15 is 0 Å². The van der Waals surface area contributed by atoms with Gasteiger partial charge < -0.3 is 20.1 Å². The Balaban J connectivity index is 0. The van der Waals surface area contributed by atoms with Crippen molar-refractivity contribution >= 4 is 11.9 Å².